The minimum atomic E-state index is 0.554. The van der Waals surface area contributed by atoms with Crippen LogP contribution >= 0.6 is 0 Å². The molecule has 3 rings (SSSR count). The van der Waals surface area contributed by atoms with Crippen molar-refractivity contribution in [1.82, 2.24) is 20.2 Å². The van der Waals surface area contributed by atoms with Crippen molar-refractivity contribution in [2.45, 2.75) is 26.3 Å². The van der Waals surface area contributed by atoms with E-state index in [9.17, 15) is 0 Å². The fourth-order valence-corrected chi connectivity index (χ4v) is 3.04. The quantitative estimate of drug-likeness (QED) is 0.825. The number of rotatable bonds is 2. The highest BCUT2D eigenvalue weighted by Crippen LogP contribution is 2.36. The van der Waals surface area contributed by atoms with Gasteiger partial charge >= 0.3 is 0 Å². The summed E-state index contributed by atoms with van der Waals surface area (Å²) in [4.78, 5) is 11.3. The minimum Gasteiger partial charge on any atom is -0.316 e. The summed E-state index contributed by atoms with van der Waals surface area (Å²) < 4.78 is 0. The lowest BCUT2D eigenvalue weighted by atomic mass is 9.87. The van der Waals surface area contributed by atoms with Crippen molar-refractivity contribution >= 4 is 0 Å². The highest BCUT2D eigenvalue weighted by molar-refractivity contribution is 5.03. The van der Waals surface area contributed by atoms with E-state index < -0.39 is 0 Å². The Bertz CT molecular complexity index is 381. The summed E-state index contributed by atoms with van der Waals surface area (Å²) in [5.41, 5.74) is 2.64. The summed E-state index contributed by atoms with van der Waals surface area (Å²) in [5, 5.41) is 3.49. The van der Waals surface area contributed by atoms with E-state index in [2.05, 4.69) is 20.2 Å². The van der Waals surface area contributed by atoms with Gasteiger partial charge in [-0.2, -0.15) is 0 Å². The van der Waals surface area contributed by atoms with Gasteiger partial charge in [-0.3, -0.25) is 14.9 Å². The van der Waals surface area contributed by atoms with E-state index in [0.717, 1.165) is 17.9 Å². The third-order valence-electron chi connectivity index (χ3n) is 4.07. The van der Waals surface area contributed by atoms with Gasteiger partial charge in [-0.25, -0.2) is 0 Å². The number of aromatic nitrogens is 2. The highest BCUT2D eigenvalue weighted by atomic mass is 15.2. The normalized spacial score (nSPS) is 29.2. The van der Waals surface area contributed by atoms with Crippen molar-refractivity contribution in [1.29, 1.82) is 0 Å². The molecular formula is C13H20N4. The second-order valence-electron chi connectivity index (χ2n) is 5.54. The molecule has 1 atom stereocenters. The maximum absolute atomic E-state index is 4.44. The fraction of sp³-hybridized carbons (Fsp3) is 0.692. The summed E-state index contributed by atoms with van der Waals surface area (Å²) >= 11 is 0. The molecule has 0 aromatic carbocycles. The van der Waals surface area contributed by atoms with E-state index in [4.69, 9.17) is 0 Å². The standard InChI is InChI=1S/C13H20N4/c1-11-6-16-12(7-15-11)8-17-5-3-13(10-17)2-4-14-9-13/h6-7,14H,2-5,8-10H2,1H3. The van der Waals surface area contributed by atoms with Crippen molar-refractivity contribution in [2.24, 2.45) is 5.41 Å². The van der Waals surface area contributed by atoms with Gasteiger partial charge in [0.15, 0.2) is 0 Å². The van der Waals surface area contributed by atoms with Gasteiger partial charge in [-0.15, -0.1) is 0 Å². The lowest BCUT2D eigenvalue weighted by Gasteiger charge is -2.22. The predicted molar refractivity (Wildman–Crippen MR) is 66.6 cm³/mol. The first kappa shape index (κ1) is 11.1. The molecule has 17 heavy (non-hydrogen) atoms. The van der Waals surface area contributed by atoms with Gasteiger partial charge in [0.25, 0.3) is 0 Å². The number of hydrogen-bond donors (Lipinski definition) is 1. The summed E-state index contributed by atoms with van der Waals surface area (Å²) in [6.07, 6.45) is 6.44. The molecule has 4 heteroatoms. The van der Waals surface area contributed by atoms with Gasteiger partial charge in [0.2, 0.25) is 0 Å². The van der Waals surface area contributed by atoms with Crippen LogP contribution in [0.2, 0.25) is 0 Å². The molecular weight excluding hydrogens is 212 g/mol. The molecule has 2 fully saturated rings. The number of nitrogens with zero attached hydrogens (tertiary/aromatic N) is 3. The van der Waals surface area contributed by atoms with E-state index in [1.165, 1.54) is 39.0 Å². The predicted octanol–water partition coefficient (Wildman–Crippen LogP) is 0.970. The van der Waals surface area contributed by atoms with E-state index in [1.807, 2.05) is 19.3 Å². The molecule has 0 bridgehead atoms. The zero-order chi connectivity index (χ0) is 11.7. The number of aryl methyl sites for hydroxylation is 1. The van der Waals surface area contributed by atoms with Crippen LogP contribution in [-0.4, -0.2) is 41.0 Å². The summed E-state index contributed by atoms with van der Waals surface area (Å²) in [6.45, 7) is 7.74. The van der Waals surface area contributed by atoms with Crippen molar-refractivity contribution < 1.29 is 0 Å². The molecule has 3 heterocycles. The van der Waals surface area contributed by atoms with Gasteiger partial charge < -0.3 is 5.32 Å². The molecule has 1 aromatic rings. The molecule has 2 aliphatic rings. The summed E-state index contributed by atoms with van der Waals surface area (Å²) in [6, 6.07) is 0. The maximum atomic E-state index is 4.44. The Kier molecular flexibility index (Phi) is 2.84. The molecule has 4 nitrogen and oxygen atoms in total. The van der Waals surface area contributed by atoms with Crippen LogP contribution in [0.5, 0.6) is 0 Å². The van der Waals surface area contributed by atoms with Crippen molar-refractivity contribution in [3.05, 3.63) is 23.8 Å². The van der Waals surface area contributed by atoms with Crippen LogP contribution in [0.1, 0.15) is 24.2 Å². The molecule has 1 unspecified atom stereocenters. The van der Waals surface area contributed by atoms with E-state index >= 15 is 0 Å². The number of hydrogen-bond acceptors (Lipinski definition) is 4. The first-order chi connectivity index (χ1) is 8.26. The molecule has 0 aliphatic carbocycles. The second-order valence-corrected chi connectivity index (χ2v) is 5.54. The Labute approximate surface area is 102 Å². The average Bonchev–Trinajstić information content (AvgIpc) is 2.94. The SMILES string of the molecule is Cc1cnc(CN2CCC3(CCNC3)C2)cn1. The van der Waals surface area contributed by atoms with Crippen LogP contribution in [0.3, 0.4) is 0 Å². The van der Waals surface area contributed by atoms with Crippen molar-refractivity contribution in [2.75, 3.05) is 26.2 Å². The van der Waals surface area contributed by atoms with Gasteiger partial charge in [0.05, 0.1) is 11.4 Å². The van der Waals surface area contributed by atoms with Crippen LogP contribution in [0.15, 0.2) is 12.4 Å². The maximum Gasteiger partial charge on any atom is 0.0727 e. The Morgan fingerprint density at radius 1 is 1.35 bits per heavy atom. The zero-order valence-corrected chi connectivity index (χ0v) is 10.4. The second kappa shape index (κ2) is 4.35. The third kappa shape index (κ3) is 2.33. The smallest absolute Gasteiger partial charge is 0.0727 e. The molecule has 1 spiro atoms. The average molecular weight is 232 g/mol. The first-order valence-electron chi connectivity index (χ1n) is 6.46. The zero-order valence-electron chi connectivity index (χ0n) is 10.4. The van der Waals surface area contributed by atoms with Crippen molar-refractivity contribution in [3.8, 4) is 0 Å². The topological polar surface area (TPSA) is 41.1 Å². The monoisotopic (exact) mass is 232 g/mol. The van der Waals surface area contributed by atoms with Gasteiger partial charge in [-0.05, 0) is 38.3 Å². The number of nitrogens with one attached hydrogen (secondary N) is 1. The van der Waals surface area contributed by atoms with E-state index in [-0.39, 0.29) is 0 Å². The third-order valence-corrected chi connectivity index (χ3v) is 4.07. The minimum absolute atomic E-state index is 0.554. The first-order valence-corrected chi connectivity index (χ1v) is 6.46. The van der Waals surface area contributed by atoms with Gasteiger partial charge in [0.1, 0.15) is 0 Å². The molecule has 1 N–H and O–H groups in total. The van der Waals surface area contributed by atoms with Crippen LogP contribution in [-0.2, 0) is 6.54 Å². The molecule has 2 saturated heterocycles. The van der Waals surface area contributed by atoms with E-state index in [0.29, 0.717) is 5.41 Å². The van der Waals surface area contributed by atoms with Gasteiger partial charge in [0, 0.05) is 32.0 Å². The van der Waals surface area contributed by atoms with Crippen LogP contribution in [0, 0.1) is 12.3 Å². The lowest BCUT2D eigenvalue weighted by Crippen LogP contribution is -2.29. The molecule has 92 valence electrons. The summed E-state index contributed by atoms with van der Waals surface area (Å²) in [5.74, 6) is 0. The molecule has 0 amide bonds. The molecule has 2 aliphatic heterocycles. The Balaban J connectivity index is 1.62. The fourth-order valence-electron chi connectivity index (χ4n) is 3.04. The van der Waals surface area contributed by atoms with Crippen molar-refractivity contribution in [3.63, 3.8) is 0 Å². The Hall–Kier alpha value is -1.00. The Morgan fingerprint density at radius 2 is 2.29 bits per heavy atom. The summed E-state index contributed by atoms with van der Waals surface area (Å²) in [7, 11) is 0. The largest absolute Gasteiger partial charge is 0.316 e. The lowest BCUT2D eigenvalue weighted by molar-refractivity contribution is 0.266. The number of likely N-dealkylation sites (tertiary alicyclic amines) is 1. The van der Waals surface area contributed by atoms with Crippen LogP contribution < -0.4 is 5.32 Å². The van der Waals surface area contributed by atoms with Crippen LogP contribution in [0.25, 0.3) is 0 Å². The Morgan fingerprint density at radius 3 is 3.00 bits per heavy atom. The molecule has 0 radical (unpaired) electrons. The van der Waals surface area contributed by atoms with Gasteiger partial charge in [-0.1, -0.05) is 0 Å². The van der Waals surface area contributed by atoms with Crippen LogP contribution in [0.4, 0.5) is 0 Å². The molecule has 1 aromatic heterocycles. The molecule has 0 saturated carbocycles. The highest BCUT2D eigenvalue weighted by Gasteiger charge is 2.40. The van der Waals surface area contributed by atoms with E-state index in [1.54, 1.807) is 0 Å².